The SMILES string of the molecule is CCCCc1nnc(NC(=O)c2[nH]c(C)c(C(=O)OC)c2C)s1. The van der Waals surface area contributed by atoms with Crippen LogP contribution < -0.4 is 5.32 Å². The highest BCUT2D eigenvalue weighted by Crippen LogP contribution is 2.22. The van der Waals surface area contributed by atoms with Crippen molar-refractivity contribution in [3.8, 4) is 0 Å². The predicted molar refractivity (Wildman–Crippen MR) is 88.1 cm³/mol. The van der Waals surface area contributed by atoms with Gasteiger partial charge in [-0.15, -0.1) is 10.2 Å². The van der Waals surface area contributed by atoms with E-state index in [4.69, 9.17) is 4.74 Å². The lowest BCUT2D eigenvalue weighted by molar-refractivity contribution is 0.0599. The summed E-state index contributed by atoms with van der Waals surface area (Å²) in [5.41, 5.74) is 1.87. The second-order valence-corrected chi connectivity index (χ2v) is 6.24. The van der Waals surface area contributed by atoms with Gasteiger partial charge in [0.2, 0.25) is 5.13 Å². The number of carbonyl (C=O) groups is 2. The van der Waals surface area contributed by atoms with Crippen LogP contribution in [0.25, 0.3) is 0 Å². The van der Waals surface area contributed by atoms with E-state index in [1.807, 2.05) is 0 Å². The molecule has 0 aliphatic carbocycles. The van der Waals surface area contributed by atoms with Gasteiger partial charge in [0.05, 0.1) is 12.7 Å². The Labute approximate surface area is 138 Å². The highest BCUT2D eigenvalue weighted by atomic mass is 32.1. The summed E-state index contributed by atoms with van der Waals surface area (Å²) in [6.45, 7) is 5.54. The van der Waals surface area contributed by atoms with Crippen LogP contribution in [0.2, 0.25) is 0 Å². The monoisotopic (exact) mass is 336 g/mol. The highest BCUT2D eigenvalue weighted by molar-refractivity contribution is 7.15. The van der Waals surface area contributed by atoms with Crippen molar-refractivity contribution in [2.75, 3.05) is 12.4 Å². The molecule has 0 aliphatic rings. The lowest BCUT2D eigenvalue weighted by Gasteiger charge is -2.01. The molecule has 2 heterocycles. The average molecular weight is 336 g/mol. The quantitative estimate of drug-likeness (QED) is 0.791. The van der Waals surface area contributed by atoms with Crippen LogP contribution in [0, 0.1) is 13.8 Å². The molecule has 0 spiro atoms. The van der Waals surface area contributed by atoms with Crippen molar-refractivity contribution < 1.29 is 14.3 Å². The molecule has 1 amide bonds. The number of aromatic nitrogens is 3. The van der Waals surface area contributed by atoms with E-state index in [0.29, 0.717) is 27.6 Å². The Morgan fingerprint density at radius 3 is 2.70 bits per heavy atom. The molecule has 8 heteroatoms. The Kier molecular flexibility index (Phi) is 5.49. The Hall–Kier alpha value is -2.22. The maximum absolute atomic E-state index is 12.4. The van der Waals surface area contributed by atoms with Gasteiger partial charge >= 0.3 is 5.97 Å². The Morgan fingerprint density at radius 1 is 1.30 bits per heavy atom. The molecular weight excluding hydrogens is 316 g/mol. The third-order valence-corrected chi connectivity index (χ3v) is 4.38. The molecular formula is C15H20N4O3S. The number of H-pyrrole nitrogens is 1. The van der Waals surface area contributed by atoms with Gasteiger partial charge in [-0.25, -0.2) is 4.79 Å². The summed E-state index contributed by atoms with van der Waals surface area (Å²) in [5.74, 6) is -0.813. The molecule has 124 valence electrons. The minimum absolute atomic E-state index is 0.327. The van der Waals surface area contributed by atoms with Crippen LogP contribution in [-0.2, 0) is 11.2 Å². The van der Waals surface area contributed by atoms with E-state index in [2.05, 4.69) is 27.4 Å². The van der Waals surface area contributed by atoms with Crippen LogP contribution >= 0.6 is 11.3 Å². The number of unbranched alkanes of at least 4 members (excludes halogenated alkanes) is 1. The molecule has 23 heavy (non-hydrogen) atoms. The van der Waals surface area contributed by atoms with Gasteiger partial charge in [0.15, 0.2) is 0 Å². The fourth-order valence-corrected chi connectivity index (χ4v) is 3.05. The van der Waals surface area contributed by atoms with E-state index >= 15 is 0 Å². The van der Waals surface area contributed by atoms with Gasteiger partial charge in [0.1, 0.15) is 10.7 Å². The van der Waals surface area contributed by atoms with E-state index < -0.39 is 5.97 Å². The number of esters is 1. The van der Waals surface area contributed by atoms with Crippen LogP contribution in [0.15, 0.2) is 0 Å². The molecule has 0 atom stereocenters. The molecule has 2 N–H and O–H groups in total. The topological polar surface area (TPSA) is 97.0 Å². The molecule has 2 aromatic rings. The number of hydrogen-bond donors (Lipinski definition) is 2. The molecule has 7 nitrogen and oxygen atoms in total. The van der Waals surface area contributed by atoms with Crippen LogP contribution in [0.1, 0.15) is 56.9 Å². The van der Waals surface area contributed by atoms with Crippen LogP contribution in [0.4, 0.5) is 5.13 Å². The lowest BCUT2D eigenvalue weighted by atomic mass is 10.1. The molecule has 0 aliphatic heterocycles. The van der Waals surface area contributed by atoms with Gasteiger partial charge in [0.25, 0.3) is 5.91 Å². The molecule has 0 saturated carbocycles. The van der Waals surface area contributed by atoms with E-state index in [9.17, 15) is 9.59 Å². The fourth-order valence-electron chi connectivity index (χ4n) is 2.28. The van der Waals surface area contributed by atoms with Crippen molar-refractivity contribution in [1.82, 2.24) is 15.2 Å². The third-order valence-electron chi connectivity index (χ3n) is 3.49. The summed E-state index contributed by atoms with van der Waals surface area (Å²) in [7, 11) is 1.31. The van der Waals surface area contributed by atoms with Crippen molar-refractivity contribution >= 4 is 28.3 Å². The maximum Gasteiger partial charge on any atom is 0.339 e. The minimum atomic E-state index is -0.465. The summed E-state index contributed by atoms with van der Waals surface area (Å²) in [4.78, 5) is 27.1. The Morgan fingerprint density at radius 2 is 2.04 bits per heavy atom. The zero-order chi connectivity index (χ0) is 17.0. The first kappa shape index (κ1) is 17.1. The smallest absolute Gasteiger partial charge is 0.339 e. The van der Waals surface area contributed by atoms with Crippen molar-refractivity contribution in [2.45, 2.75) is 40.0 Å². The van der Waals surface area contributed by atoms with Crippen LogP contribution in [0.5, 0.6) is 0 Å². The zero-order valence-electron chi connectivity index (χ0n) is 13.6. The predicted octanol–water partition coefficient (Wildman–Crippen LogP) is 2.86. The first-order valence-corrected chi connectivity index (χ1v) is 8.20. The Balaban J connectivity index is 2.15. The maximum atomic E-state index is 12.4. The molecule has 0 aromatic carbocycles. The zero-order valence-corrected chi connectivity index (χ0v) is 14.5. The van der Waals surface area contributed by atoms with Crippen molar-refractivity contribution in [3.63, 3.8) is 0 Å². The van der Waals surface area contributed by atoms with Gasteiger partial charge in [0, 0.05) is 12.1 Å². The second kappa shape index (κ2) is 7.36. The lowest BCUT2D eigenvalue weighted by Crippen LogP contribution is -2.14. The molecule has 0 fully saturated rings. The molecule has 2 rings (SSSR count). The average Bonchev–Trinajstić information content (AvgIpc) is 3.08. The van der Waals surface area contributed by atoms with Crippen molar-refractivity contribution in [3.05, 3.63) is 27.5 Å². The van der Waals surface area contributed by atoms with Gasteiger partial charge in [-0.2, -0.15) is 0 Å². The third kappa shape index (κ3) is 3.76. The minimum Gasteiger partial charge on any atom is -0.465 e. The Bertz CT molecular complexity index is 720. The van der Waals surface area contributed by atoms with Crippen molar-refractivity contribution in [1.29, 1.82) is 0 Å². The first-order chi connectivity index (χ1) is 11.0. The highest BCUT2D eigenvalue weighted by Gasteiger charge is 2.23. The van der Waals surface area contributed by atoms with Crippen molar-refractivity contribution in [2.24, 2.45) is 0 Å². The largest absolute Gasteiger partial charge is 0.465 e. The second-order valence-electron chi connectivity index (χ2n) is 5.18. The summed E-state index contributed by atoms with van der Waals surface area (Å²) in [5, 5.41) is 12.1. The molecule has 0 unspecified atom stereocenters. The molecule has 0 saturated heterocycles. The molecule has 0 bridgehead atoms. The molecule has 0 radical (unpaired) electrons. The van der Waals surface area contributed by atoms with Crippen LogP contribution in [0.3, 0.4) is 0 Å². The van der Waals surface area contributed by atoms with Gasteiger partial charge < -0.3 is 9.72 Å². The van der Waals surface area contributed by atoms with E-state index in [-0.39, 0.29) is 5.91 Å². The number of ether oxygens (including phenoxy) is 1. The number of hydrogen-bond acceptors (Lipinski definition) is 6. The normalized spacial score (nSPS) is 10.6. The number of carbonyl (C=O) groups excluding carboxylic acids is 2. The summed E-state index contributed by atoms with van der Waals surface area (Å²) in [6, 6.07) is 0. The van der Waals surface area contributed by atoms with E-state index in [0.717, 1.165) is 24.3 Å². The summed E-state index contributed by atoms with van der Waals surface area (Å²) < 4.78 is 4.74. The summed E-state index contributed by atoms with van der Waals surface area (Å²) >= 11 is 1.36. The molecule has 2 aromatic heterocycles. The van der Waals surface area contributed by atoms with Gasteiger partial charge in [-0.3, -0.25) is 10.1 Å². The van der Waals surface area contributed by atoms with E-state index in [1.54, 1.807) is 13.8 Å². The number of nitrogens with one attached hydrogen (secondary N) is 2. The van der Waals surface area contributed by atoms with Gasteiger partial charge in [-0.1, -0.05) is 24.7 Å². The fraction of sp³-hybridized carbons (Fsp3) is 0.467. The van der Waals surface area contributed by atoms with E-state index in [1.165, 1.54) is 18.4 Å². The van der Waals surface area contributed by atoms with Gasteiger partial charge in [-0.05, 0) is 25.8 Å². The van der Waals surface area contributed by atoms with Crippen LogP contribution in [-0.4, -0.2) is 34.2 Å². The number of anilines is 1. The summed E-state index contributed by atoms with van der Waals surface area (Å²) in [6.07, 6.45) is 2.98. The number of nitrogens with zero attached hydrogens (tertiary/aromatic N) is 2. The standard InChI is InChI=1S/C15H20N4O3S/c1-5-6-7-10-18-19-15(23-10)17-13(20)12-8(2)11(9(3)16-12)14(21)22-4/h16H,5-7H2,1-4H3,(H,17,19,20). The number of aryl methyl sites for hydroxylation is 2. The first-order valence-electron chi connectivity index (χ1n) is 7.39. The number of aromatic amines is 1. The number of amides is 1. The number of methoxy groups -OCH3 is 1. The number of rotatable bonds is 6.